The molecule has 7 N–H and O–H groups in total. The predicted octanol–water partition coefficient (Wildman–Crippen LogP) is 0.897. The van der Waals surface area contributed by atoms with Crippen LogP contribution in [0, 0.1) is 16.7 Å². The zero-order valence-corrected chi connectivity index (χ0v) is 21.3. The Morgan fingerprint density at radius 1 is 1.08 bits per heavy atom. The van der Waals surface area contributed by atoms with Gasteiger partial charge in [-0.3, -0.25) is 20.4 Å². The first kappa shape index (κ1) is 26.6. The number of nitrogens with one attached hydrogen (secondary N) is 5. The predicted molar refractivity (Wildman–Crippen MR) is 141 cm³/mol. The van der Waals surface area contributed by atoms with Crippen LogP contribution in [0.3, 0.4) is 0 Å². The van der Waals surface area contributed by atoms with Gasteiger partial charge in [0.2, 0.25) is 21.8 Å². The number of carbonyl (C=O) groups excluding carboxylic acids is 2. The van der Waals surface area contributed by atoms with Crippen molar-refractivity contribution in [3.63, 3.8) is 0 Å². The molecule has 0 spiro atoms. The summed E-state index contributed by atoms with van der Waals surface area (Å²) in [4.78, 5) is 27.4. The van der Waals surface area contributed by atoms with Crippen LogP contribution in [0.4, 0.5) is 0 Å². The quantitative estimate of drug-likeness (QED) is 0.208. The smallest absolute Gasteiger partial charge is 0.241 e. The Kier molecular flexibility index (Phi) is 8.08. The number of carbonyl (C=O) groups is 2. The molecule has 1 saturated carbocycles. The molecule has 0 bridgehead atoms. The fourth-order valence-corrected chi connectivity index (χ4v) is 5.66. The van der Waals surface area contributed by atoms with Gasteiger partial charge in [0.15, 0.2) is 11.7 Å². The summed E-state index contributed by atoms with van der Waals surface area (Å²) in [6.07, 6.45) is 2.95. The molecule has 2 aromatic rings. The lowest BCUT2D eigenvalue weighted by Gasteiger charge is -2.34. The first-order valence-electron chi connectivity index (χ1n) is 12.4. The van der Waals surface area contributed by atoms with Gasteiger partial charge in [0.25, 0.3) is 0 Å². The zero-order valence-electron chi connectivity index (χ0n) is 20.5. The molecule has 2 amide bonds. The second-order valence-corrected chi connectivity index (χ2v) is 11.4. The molecule has 1 aliphatic carbocycles. The molecule has 0 radical (unpaired) electrons. The molecule has 1 heterocycles. The van der Waals surface area contributed by atoms with Gasteiger partial charge in [0.1, 0.15) is 6.04 Å². The average molecular weight is 528 g/mol. The number of amidine groups is 2. The number of piperidine rings is 1. The normalized spacial score (nSPS) is 18.7. The van der Waals surface area contributed by atoms with Crippen molar-refractivity contribution in [3.8, 4) is 0 Å². The summed E-state index contributed by atoms with van der Waals surface area (Å²) in [6, 6.07) is 10.8. The molecule has 1 unspecified atom stereocenters. The van der Waals surface area contributed by atoms with E-state index in [0.717, 1.165) is 36.5 Å². The van der Waals surface area contributed by atoms with Crippen LogP contribution in [0.2, 0.25) is 0 Å². The minimum atomic E-state index is -4.07. The summed E-state index contributed by atoms with van der Waals surface area (Å²) in [5, 5.41) is 22.6. The number of benzene rings is 2. The van der Waals surface area contributed by atoms with Crippen LogP contribution in [-0.2, 0) is 19.6 Å². The molecule has 37 heavy (non-hydrogen) atoms. The van der Waals surface area contributed by atoms with Crippen LogP contribution in [0.1, 0.15) is 32.1 Å². The first-order valence-corrected chi connectivity index (χ1v) is 13.9. The summed E-state index contributed by atoms with van der Waals surface area (Å²) in [5.74, 6) is -1.26. The second kappa shape index (κ2) is 11.3. The SMILES string of the molecule is N=C(N)C(=N)N1CCCC(CNC(=O)C[C@@H](NS(=O)(=O)c2ccc3ccccc3c2)C(=O)NC2CC2)C1. The van der Waals surface area contributed by atoms with E-state index in [1.807, 2.05) is 24.3 Å². The number of hydrogen-bond donors (Lipinski definition) is 6. The monoisotopic (exact) mass is 527 g/mol. The van der Waals surface area contributed by atoms with E-state index in [2.05, 4.69) is 15.4 Å². The van der Waals surface area contributed by atoms with Crippen molar-refractivity contribution >= 4 is 44.3 Å². The maximum absolute atomic E-state index is 13.2. The van der Waals surface area contributed by atoms with Crippen LogP contribution in [-0.4, -0.2) is 68.5 Å². The highest BCUT2D eigenvalue weighted by molar-refractivity contribution is 7.89. The van der Waals surface area contributed by atoms with Gasteiger partial charge >= 0.3 is 0 Å². The van der Waals surface area contributed by atoms with Crippen LogP contribution >= 0.6 is 0 Å². The lowest BCUT2D eigenvalue weighted by atomic mass is 9.97. The third-order valence-electron chi connectivity index (χ3n) is 6.64. The molecular weight excluding hydrogens is 494 g/mol. The first-order chi connectivity index (χ1) is 17.6. The van der Waals surface area contributed by atoms with Crippen molar-refractivity contribution in [1.29, 1.82) is 10.8 Å². The molecule has 2 fully saturated rings. The van der Waals surface area contributed by atoms with E-state index in [9.17, 15) is 18.0 Å². The number of sulfonamides is 1. The van der Waals surface area contributed by atoms with Gasteiger partial charge in [-0.25, -0.2) is 8.42 Å². The van der Waals surface area contributed by atoms with E-state index in [1.165, 1.54) is 6.07 Å². The highest BCUT2D eigenvalue weighted by atomic mass is 32.2. The number of hydrogen-bond acceptors (Lipinski definition) is 6. The van der Waals surface area contributed by atoms with Crippen LogP contribution < -0.4 is 21.1 Å². The zero-order chi connectivity index (χ0) is 26.6. The Morgan fingerprint density at radius 3 is 2.51 bits per heavy atom. The number of nitrogens with zero attached hydrogens (tertiary/aromatic N) is 1. The highest BCUT2D eigenvalue weighted by Crippen LogP contribution is 2.21. The van der Waals surface area contributed by atoms with Crippen LogP contribution in [0.15, 0.2) is 47.4 Å². The van der Waals surface area contributed by atoms with E-state index in [1.54, 1.807) is 17.0 Å². The molecule has 1 saturated heterocycles. The van der Waals surface area contributed by atoms with Crippen LogP contribution in [0.25, 0.3) is 10.8 Å². The van der Waals surface area contributed by atoms with Gasteiger partial charge in [-0.05, 0) is 54.5 Å². The number of amides is 2. The van der Waals surface area contributed by atoms with E-state index >= 15 is 0 Å². The number of nitrogens with two attached hydrogens (primary N) is 1. The van der Waals surface area contributed by atoms with Gasteiger partial charge in [-0.2, -0.15) is 4.72 Å². The summed E-state index contributed by atoms with van der Waals surface area (Å²) < 4.78 is 28.8. The molecule has 2 atom stereocenters. The van der Waals surface area contributed by atoms with E-state index in [4.69, 9.17) is 16.6 Å². The Labute approximate surface area is 216 Å². The Bertz CT molecular complexity index is 1310. The number of likely N-dealkylation sites (tertiary alicyclic amines) is 1. The summed E-state index contributed by atoms with van der Waals surface area (Å²) >= 11 is 0. The molecule has 198 valence electrons. The van der Waals surface area contributed by atoms with Crippen molar-refractivity contribution < 1.29 is 18.0 Å². The molecule has 2 aromatic carbocycles. The van der Waals surface area contributed by atoms with Crippen molar-refractivity contribution in [2.75, 3.05) is 19.6 Å². The third kappa shape index (κ3) is 7.04. The number of rotatable bonds is 9. The van der Waals surface area contributed by atoms with Crippen molar-refractivity contribution in [2.24, 2.45) is 11.7 Å². The fourth-order valence-electron chi connectivity index (χ4n) is 4.43. The minimum absolute atomic E-state index is 0.00745. The molecular formula is C25H33N7O4S. The maximum atomic E-state index is 13.2. The molecule has 12 heteroatoms. The average Bonchev–Trinajstić information content (AvgIpc) is 3.70. The summed E-state index contributed by atoms with van der Waals surface area (Å²) in [6.45, 7) is 1.43. The molecule has 1 aliphatic heterocycles. The Hall–Kier alpha value is -3.51. The lowest BCUT2D eigenvalue weighted by Crippen LogP contribution is -2.50. The fraction of sp³-hybridized carbons (Fsp3) is 0.440. The van der Waals surface area contributed by atoms with Crippen molar-refractivity contribution in [1.82, 2.24) is 20.3 Å². The maximum Gasteiger partial charge on any atom is 0.241 e. The topological polar surface area (TPSA) is 181 Å². The van der Waals surface area contributed by atoms with E-state index in [0.29, 0.717) is 19.6 Å². The third-order valence-corrected chi connectivity index (χ3v) is 8.11. The summed E-state index contributed by atoms with van der Waals surface area (Å²) in [7, 11) is -4.07. The Balaban J connectivity index is 1.40. The van der Waals surface area contributed by atoms with Gasteiger partial charge in [-0.15, -0.1) is 0 Å². The molecule has 2 aliphatic rings. The largest absolute Gasteiger partial charge is 0.381 e. The highest BCUT2D eigenvalue weighted by Gasteiger charge is 2.32. The molecule has 11 nitrogen and oxygen atoms in total. The van der Waals surface area contributed by atoms with Gasteiger partial charge in [-0.1, -0.05) is 30.3 Å². The standard InChI is InChI=1S/C25H33N7O4S/c26-23(27)24(28)32-11-3-4-16(15-32)14-29-22(33)13-21(25(34)30-19-8-9-19)31-37(35,36)20-10-7-17-5-1-2-6-18(17)12-20/h1-2,5-7,10,12,16,19,21,28,31H,3-4,8-9,11,13-15H2,(H3,26,27)(H,29,33)(H,30,34)/t16?,21-/m1/s1. The second-order valence-electron chi connectivity index (χ2n) is 9.69. The molecule has 0 aromatic heterocycles. The minimum Gasteiger partial charge on any atom is -0.381 e. The molecule has 4 rings (SSSR count). The van der Waals surface area contributed by atoms with Crippen molar-refractivity contribution in [2.45, 2.75) is 49.1 Å². The van der Waals surface area contributed by atoms with E-state index in [-0.39, 0.29) is 34.9 Å². The van der Waals surface area contributed by atoms with Crippen LogP contribution in [0.5, 0.6) is 0 Å². The van der Waals surface area contributed by atoms with Crippen molar-refractivity contribution in [3.05, 3.63) is 42.5 Å². The number of fused-ring (bicyclic) bond motifs is 1. The van der Waals surface area contributed by atoms with E-state index < -0.39 is 27.9 Å². The van der Waals surface area contributed by atoms with Gasteiger partial charge in [0, 0.05) is 25.7 Å². The lowest BCUT2D eigenvalue weighted by molar-refractivity contribution is -0.128. The van der Waals surface area contributed by atoms with Gasteiger partial charge < -0.3 is 21.3 Å². The summed E-state index contributed by atoms with van der Waals surface area (Å²) in [5.41, 5.74) is 5.43. The van der Waals surface area contributed by atoms with Gasteiger partial charge in [0.05, 0.1) is 11.3 Å². The Morgan fingerprint density at radius 2 is 1.81 bits per heavy atom.